The minimum atomic E-state index is -0.527. The summed E-state index contributed by atoms with van der Waals surface area (Å²) in [5.41, 5.74) is 6.32. The number of aromatic amines is 1. The Hall–Kier alpha value is -2.31. The zero-order chi connectivity index (χ0) is 19.4. The molecule has 0 spiro atoms. The summed E-state index contributed by atoms with van der Waals surface area (Å²) in [5.74, 6) is 0.0490. The number of amides is 1. The highest BCUT2D eigenvalue weighted by Crippen LogP contribution is 2.26. The van der Waals surface area contributed by atoms with Gasteiger partial charge >= 0.3 is 0 Å². The number of pyridine rings is 1. The fourth-order valence-electron chi connectivity index (χ4n) is 3.51. The minimum Gasteiger partial charge on any atom is -0.384 e. The Morgan fingerprint density at radius 2 is 2.00 bits per heavy atom. The molecule has 1 amide bonds. The Balaban J connectivity index is 1.50. The second-order valence-electron chi connectivity index (χ2n) is 7.05. The zero-order valence-corrected chi connectivity index (χ0v) is 16.1. The molecule has 1 aromatic heterocycles. The van der Waals surface area contributed by atoms with Gasteiger partial charge in [-0.3, -0.25) is 14.5 Å². The lowest BCUT2D eigenvalue weighted by Crippen LogP contribution is -2.40. The van der Waals surface area contributed by atoms with E-state index in [0.717, 1.165) is 25.9 Å². The predicted octanol–water partition coefficient (Wildman–Crippen LogP) is 2.81. The maximum Gasteiger partial charge on any atom is 0.262 e. The summed E-state index contributed by atoms with van der Waals surface area (Å²) < 4.78 is 0. The van der Waals surface area contributed by atoms with Crippen LogP contribution in [-0.2, 0) is 0 Å². The van der Waals surface area contributed by atoms with Gasteiger partial charge in [-0.25, -0.2) is 0 Å². The standard InChI is InChI=1S/C20H25ClN4O2/c1-13(15-5-3-2-4-6-15)25-9-7-14(8-10-25)12-23-19(26)16-11-17(21)18(22)24-20(16)27/h2-6,11,13-14H,7-10,12H2,1H3,(H,23,26)(H3,22,24,27). The molecule has 1 aromatic carbocycles. The van der Waals surface area contributed by atoms with E-state index in [0.29, 0.717) is 18.5 Å². The number of nitrogens with zero attached hydrogens (tertiary/aromatic N) is 1. The third-order valence-corrected chi connectivity index (χ3v) is 5.61. The summed E-state index contributed by atoms with van der Waals surface area (Å²) in [6.45, 7) is 4.76. The van der Waals surface area contributed by atoms with Crippen molar-refractivity contribution in [2.45, 2.75) is 25.8 Å². The first-order chi connectivity index (χ1) is 13.0. The normalized spacial score (nSPS) is 16.8. The van der Waals surface area contributed by atoms with Crippen LogP contribution in [0, 0.1) is 5.92 Å². The molecule has 1 aliphatic rings. The third-order valence-electron chi connectivity index (χ3n) is 5.30. The zero-order valence-electron chi connectivity index (χ0n) is 15.4. The van der Waals surface area contributed by atoms with Crippen molar-refractivity contribution < 1.29 is 4.79 Å². The van der Waals surface area contributed by atoms with Gasteiger partial charge in [0.05, 0.1) is 5.02 Å². The summed E-state index contributed by atoms with van der Waals surface area (Å²) in [6, 6.07) is 12.2. The third kappa shape index (κ3) is 4.70. The molecule has 7 heteroatoms. The number of carbonyl (C=O) groups is 1. The van der Waals surface area contributed by atoms with Crippen molar-refractivity contribution in [3.63, 3.8) is 0 Å². The van der Waals surface area contributed by atoms with Gasteiger partial charge in [0.25, 0.3) is 11.5 Å². The van der Waals surface area contributed by atoms with Crippen LogP contribution in [0.3, 0.4) is 0 Å². The van der Waals surface area contributed by atoms with Crippen LogP contribution in [0.5, 0.6) is 0 Å². The largest absolute Gasteiger partial charge is 0.384 e. The predicted molar refractivity (Wildman–Crippen MR) is 108 cm³/mol. The molecule has 0 bridgehead atoms. The van der Waals surface area contributed by atoms with Crippen LogP contribution in [0.2, 0.25) is 5.02 Å². The summed E-state index contributed by atoms with van der Waals surface area (Å²) in [4.78, 5) is 29.0. The molecule has 144 valence electrons. The Bertz CT molecular complexity index is 845. The number of nitrogens with one attached hydrogen (secondary N) is 2. The van der Waals surface area contributed by atoms with Crippen LogP contribution >= 0.6 is 11.6 Å². The summed E-state index contributed by atoms with van der Waals surface area (Å²) in [6.07, 6.45) is 2.02. The molecule has 1 aliphatic heterocycles. The fourth-order valence-corrected chi connectivity index (χ4v) is 3.66. The molecule has 0 saturated carbocycles. The fraction of sp³-hybridized carbons (Fsp3) is 0.400. The van der Waals surface area contributed by atoms with Gasteiger partial charge in [0.1, 0.15) is 11.4 Å². The average Bonchev–Trinajstić information content (AvgIpc) is 2.69. The summed E-state index contributed by atoms with van der Waals surface area (Å²) >= 11 is 5.89. The number of hydrogen-bond acceptors (Lipinski definition) is 4. The molecule has 1 unspecified atom stereocenters. The van der Waals surface area contributed by atoms with Gasteiger partial charge in [-0.1, -0.05) is 41.9 Å². The molecular weight excluding hydrogens is 364 g/mol. The van der Waals surface area contributed by atoms with E-state index in [2.05, 4.69) is 46.4 Å². The maximum absolute atomic E-state index is 12.3. The highest BCUT2D eigenvalue weighted by atomic mass is 35.5. The van der Waals surface area contributed by atoms with Crippen LogP contribution in [0.1, 0.15) is 41.7 Å². The second-order valence-corrected chi connectivity index (χ2v) is 7.46. The number of carbonyl (C=O) groups excluding carboxylic acids is 1. The molecule has 3 rings (SSSR count). The van der Waals surface area contributed by atoms with E-state index in [4.69, 9.17) is 17.3 Å². The van der Waals surface area contributed by atoms with Gasteiger partial charge in [0.15, 0.2) is 0 Å². The van der Waals surface area contributed by atoms with Crippen LogP contribution in [-0.4, -0.2) is 35.4 Å². The summed E-state index contributed by atoms with van der Waals surface area (Å²) in [7, 11) is 0. The van der Waals surface area contributed by atoms with E-state index in [9.17, 15) is 9.59 Å². The average molecular weight is 389 g/mol. The van der Waals surface area contributed by atoms with Crippen LogP contribution in [0.25, 0.3) is 0 Å². The molecule has 0 radical (unpaired) electrons. The number of benzene rings is 1. The van der Waals surface area contributed by atoms with E-state index in [1.165, 1.54) is 11.6 Å². The molecule has 2 heterocycles. The Morgan fingerprint density at radius 3 is 2.67 bits per heavy atom. The summed E-state index contributed by atoms with van der Waals surface area (Å²) in [5, 5.41) is 3.02. The number of hydrogen-bond donors (Lipinski definition) is 3. The number of piperidine rings is 1. The van der Waals surface area contributed by atoms with Crippen molar-refractivity contribution in [2.24, 2.45) is 5.92 Å². The Morgan fingerprint density at radius 1 is 1.33 bits per heavy atom. The SMILES string of the molecule is CC(c1ccccc1)N1CCC(CNC(=O)c2cc(Cl)c(N)[nH]c2=O)CC1. The molecule has 1 atom stereocenters. The van der Waals surface area contributed by atoms with Gasteiger partial charge in [0, 0.05) is 12.6 Å². The van der Waals surface area contributed by atoms with Gasteiger partial charge in [-0.2, -0.15) is 0 Å². The molecule has 27 heavy (non-hydrogen) atoms. The molecule has 0 aliphatic carbocycles. The molecule has 4 N–H and O–H groups in total. The first-order valence-corrected chi connectivity index (χ1v) is 9.59. The number of anilines is 1. The minimum absolute atomic E-state index is 0.00987. The number of nitrogens with two attached hydrogens (primary N) is 1. The molecule has 6 nitrogen and oxygen atoms in total. The topological polar surface area (TPSA) is 91.2 Å². The number of H-pyrrole nitrogens is 1. The van der Waals surface area contributed by atoms with Crippen LogP contribution in [0.4, 0.5) is 5.82 Å². The van der Waals surface area contributed by atoms with Gasteiger partial charge < -0.3 is 16.0 Å². The monoisotopic (exact) mass is 388 g/mol. The quantitative estimate of drug-likeness (QED) is 0.734. The van der Waals surface area contributed by atoms with Crippen LogP contribution < -0.4 is 16.6 Å². The van der Waals surface area contributed by atoms with Gasteiger partial charge in [0.2, 0.25) is 0 Å². The maximum atomic E-state index is 12.3. The van der Waals surface area contributed by atoms with E-state index < -0.39 is 11.5 Å². The van der Waals surface area contributed by atoms with Crippen molar-refractivity contribution >= 4 is 23.3 Å². The van der Waals surface area contributed by atoms with Gasteiger partial charge in [-0.05, 0) is 50.4 Å². The lowest BCUT2D eigenvalue weighted by Gasteiger charge is -2.36. The lowest BCUT2D eigenvalue weighted by molar-refractivity contribution is 0.0925. The second kappa shape index (κ2) is 8.59. The molecule has 1 saturated heterocycles. The molecule has 1 fully saturated rings. The number of likely N-dealkylation sites (tertiary alicyclic amines) is 1. The van der Waals surface area contributed by atoms with Crippen molar-refractivity contribution in [3.05, 3.63) is 62.9 Å². The Labute approximate surface area is 163 Å². The number of rotatable bonds is 5. The molecule has 2 aromatic rings. The number of nitrogen functional groups attached to an aromatic ring is 1. The van der Waals surface area contributed by atoms with E-state index >= 15 is 0 Å². The lowest BCUT2D eigenvalue weighted by atomic mass is 9.94. The first-order valence-electron chi connectivity index (χ1n) is 9.21. The Kier molecular flexibility index (Phi) is 6.19. The van der Waals surface area contributed by atoms with E-state index in [1.54, 1.807) is 0 Å². The highest BCUT2D eigenvalue weighted by Gasteiger charge is 2.24. The van der Waals surface area contributed by atoms with Crippen molar-refractivity contribution in [3.8, 4) is 0 Å². The van der Waals surface area contributed by atoms with Crippen molar-refractivity contribution in [2.75, 3.05) is 25.4 Å². The van der Waals surface area contributed by atoms with Gasteiger partial charge in [-0.15, -0.1) is 0 Å². The first kappa shape index (κ1) is 19.5. The van der Waals surface area contributed by atoms with E-state index in [1.807, 2.05) is 6.07 Å². The smallest absolute Gasteiger partial charge is 0.262 e. The molecular formula is C20H25ClN4O2. The number of halogens is 1. The van der Waals surface area contributed by atoms with E-state index in [-0.39, 0.29) is 16.4 Å². The van der Waals surface area contributed by atoms with Crippen LogP contribution in [0.15, 0.2) is 41.2 Å². The van der Waals surface area contributed by atoms with Crippen molar-refractivity contribution in [1.29, 1.82) is 0 Å². The number of aromatic nitrogens is 1. The van der Waals surface area contributed by atoms with Crippen molar-refractivity contribution in [1.82, 2.24) is 15.2 Å². The highest BCUT2D eigenvalue weighted by molar-refractivity contribution is 6.33.